The number of aryl methyl sites for hydroxylation is 4. The van der Waals surface area contributed by atoms with Gasteiger partial charge in [0.25, 0.3) is 5.56 Å². The number of rotatable bonds is 5. The van der Waals surface area contributed by atoms with Crippen LogP contribution in [0.3, 0.4) is 0 Å². The Balaban J connectivity index is 1.29. The van der Waals surface area contributed by atoms with E-state index in [1.165, 1.54) is 16.9 Å². The van der Waals surface area contributed by atoms with Gasteiger partial charge in [0.2, 0.25) is 11.8 Å². The van der Waals surface area contributed by atoms with Gasteiger partial charge in [0.05, 0.1) is 17.9 Å². The number of carbonyl (C=O) groups excluding carboxylic acids is 1. The van der Waals surface area contributed by atoms with Crippen molar-refractivity contribution in [1.82, 2.24) is 14.5 Å². The van der Waals surface area contributed by atoms with E-state index in [1.54, 1.807) is 28.4 Å². The van der Waals surface area contributed by atoms with Crippen LogP contribution in [0.2, 0.25) is 0 Å². The van der Waals surface area contributed by atoms with Gasteiger partial charge in [-0.1, -0.05) is 6.07 Å². The van der Waals surface area contributed by atoms with Gasteiger partial charge in [-0.3, -0.25) is 14.2 Å². The summed E-state index contributed by atoms with van der Waals surface area (Å²) in [5.41, 5.74) is 2.57. The zero-order valence-corrected chi connectivity index (χ0v) is 18.0. The fourth-order valence-corrected chi connectivity index (χ4v) is 5.22. The lowest BCUT2D eigenvalue weighted by atomic mass is 9.97. The molecular formula is C23H22N4O3S. The van der Waals surface area contributed by atoms with E-state index >= 15 is 0 Å². The van der Waals surface area contributed by atoms with Gasteiger partial charge in [-0.15, -0.1) is 11.3 Å². The van der Waals surface area contributed by atoms with Crippen LogP contribution < -0.4 is 10.9 Å². The first-order valence-electron chi connectivity index (χ1n) is 10.4. The number of benzene rings is 1. The molecule has 5 rings (SSSR count). The summed E-state index contributed by atoms with van der Waals surface area (Å²) in [5.74, 6) is 1.08. The molecule has 0 saturated carbocycles. The zero-order chi connectivity index (χ0) is 21.4. The molecule has 8 heteroatoms. The van der Waals surface area contributed by atoms with Crippen molar-refractivity contribution < 1.29 is 9.21 Å². The van der Waals surface area contributed by atoms with Gasteiger partial charge in [-0.05, 0) is 56.4 Å². The number of carbonyl (C=O) groups is 1. The molecule has 31 heavy (non-hydrogen) atoms. The number of amides is 1. The van der Waals surface area contributed by atoms with Crippen molar-refractivity contribution in [3.8, 4) is 11.5 Å². The summed E-state index contributed by atoms with van der Waals surface area (Å²) in [6.07, 6.45) is 7.66. The lowest BCUT2D eigenvalue weighted by Crippen LogP contribution is -2.24. The molecule has 3 aromatic heterocycles. The Labute approximate surface area is 182 Å². The van der Waals surface area contributed by atoms with Crippen LogP contribution in [0, 0.1) is 6.92 Å². The van der Waals surface area contributed by atoms with Crippen LogP contribution in [-0.4, -0.2) is 20.4 Å². The van der Waals surface area contributed by atoms with Crippen molar-refractivity contribution in [2.75, 3.05) is 5.32 Å². The minimum atomic E-state index is -0.167. The number of aromatic nitrogens is 3. The number of oxazole rings is 1. The third-order valence-corrected chi connectivity index (χ3v) is 6.74. The molecule has 0 aliphatic heterocycles. The summed E-state index contributed by atoms with van der Waals surface area (Å²) in [7, 11) is 0. The van der Waals surface area contributed by atoms with E-state index < -0.39 is 0 Å². The van der Waals surface area contributed by atoms with Crippen molar-refractivity contribution in [1.29, 1.82) is 0 Å². The lowest BCUT2D eigenvalue weighted by Gasteiger charge is -2.10. The molecular weight excluding hydrogens is 412 g/mol. The molecule has 1 aromatic carbocycles. The molecule has 0 bridgehead atoms. The average molecular weight is 435 g/mol. The molecule has 1 amide bonds. The molecule has 158 valence electrons. The van der Waals surface area contributed by atoms with Gasteiger partial charge in [-0.25, -0.2) is 9.97 Å². The standard InChI is InChI=1S/C23H22N4O3S/c1-14-12-24-21(30-14)15-5-4-6-16(11-15)26-19(28)9-10-27-13-25-22-20(23(27)29)17-7-2-3-8-18(17)31-22/h4-6,11-13H,2-3,7-10H2,1H3,(H,26,28). The maximum absolute atomic E-state index is 13.0. The second kappa shape index (κ2) is 8.11. The van der Waals surface area contributed by atoms with Gasteiger partial charge in [-0.2, -0.15) is 0 Å². The number of thiophene rings is 1. The van der Waals surface area contributed by atoms with Gasteiger partial charge < -0.3 is 9.73 Å². The molecule has 3 heterocycles. The number of anilines is 1. The fourth-order valence-electron chi connectivity index (χ4n) is 4.00. The van der Waals surface area contributed by atoms with E-state index in [9.17, 15) is 9.59 Å². The number of hydrogen-bond acceptors (Lipinski definition) is 6. The summed E-state index contributed by atoms with van der Waals surface area (Å²) in [5, 5.41) is 3.64. The highest BCUT2D eigenvalue weighted by Crippen LogP contribution is 2.33. The average Bonchev–Trinajstić information content (AvgIpc) is 3.37. The molecule has 1 aliphatic rings. The molecule has 0 atom stereocenters. The summed E-state index contributed by atoms with van der Waals surface area (Å²) >= 11 is 1.63. The van der Waals surface area contributed by atoms with Crippen molar-refractivity contribution in [3.05, 3.63) is 63.3 Å². The SMILES string of the molecule is Cc1cnc(-c2cccc(NC(=O)CCn3cnc4sc5c(c4c3=O)CCCC5)c2)o1. The number of nitrogens with one attached hydrogen (secondary N) is 1. The van der Waals surface area contributed by atoms with E-state index in [-0.39, 0.29) is 24.4 Å². The highest BCUT2D eigenvalue weighted by atomic mass is 32.1. The van der Waals surface area contributed by atoms with Crippen LogP contribution in [0.1, 0.15) is 35.5 Å². The molecule has 0 spiro atoms. The molecule has 4 aromatic rings. The number of fused-ring (bicyclic) bond motifs is 3. The van der Waals surface area contributed by atoms with Crippen LogP contribution in [0.25, 0.3) is 21.7 Å². The first-order valence-corrected chi connectivity index (χ1v) is 11.2. The van der Waals surface area contributed by atoms with Crippen LogP contribution in [0.15, 0.2) is 46.0 Å². The summed E-state index contributed by atoms with van der Waals surface area (Å²) in [6, 6.07) is 7.35. The Morgan fingerprint density at radius 1 is 1.26 bits per heavy atom. The minimum absolute atomic E-state index is 0.0431. The quantitative estimate of drug-likeness (QED) is 0.505. The normalized spacial score (nSPS) is 13.3. The maximum Gasteiger partial charge on any atom is 0.262 e. The van der Waals surface area contributed by atoms with E-state index in [2.05, 4.69) is 15.3 Å². The Morgan fingerprint density at radius 3 is 2.97 bits per heavy atom. The smallest absolute Gasteiger partial charge is 0.262 e. The predicted molar refractivity (Wildman–Crippen MR) is 120 cm³/mol. The van der Waals surface area contributed by atoms with Gasteiger partial charge in [0.15, 0.2) is 0 Å². The first kappa shape index (κ1) is 19.7. The second-order valence-corrected chi connectivity index (χ2v) is 8.87. The van der Waals surface area contributed by atoms with Gasteiger partial charge in [0.1, 0.15) is 10.6 Å². The number of hydrogen-bond donors (Lipinski definition) is 1. The van der Waals surface area contributed by atoms with Crippen LogP contribution in [0.5, 0.6) is 0 Å². The zero-order valence-electron chi connectivity index (χ0n) is 17.2. The van der Waals surface area contributed by atoms with E-state index in [0.29, 0.717) is 11.6 Å². The van der Waals surface area contributed by atoms with Crippen molar-refractivity contribution in [2.24, 2.45) is 0 Å². The van der Waals surface area contributed by atoms with Gasteiger partial charge in [0, 0.05) is 29.1 Å². The Bertz CT molecular complexity index is 1330. The Kier molecular flexibility index (Phi) is 5.15. The lowest BCUT2D eigenvalue weighted by molar-refractivity contribution is -0.116. The molecule has 0 fully saturated rings. The Hall–Kier alpha value is -3.26. The summed E-state index contributed by atoms with van der Waals surface area (Å²) in [4.78, 5) is 36.3. The maximum atomic E-state index is 13.0. The monoisotopic (exact) mass is 434 g/mol. The molecule has 0 unspecified atom stereocenters. The third-order valence-electron chi connectivity index (χ3n) is 5.54. The van der Waals surface area contributed by atoms with Gasteiger partial charge >= 0.3 is 0 Å². The topological polar surface area (TPSA) is 90.0 Å². The summed E-state index contributed by atoms with van der Waals surface area (Å²) < 4.78 is 7.10. The third kappa shape index (κ3) is 3.90. The van der Waals surface area contributed by atoms with Crippen LogP contribution in [0.4, 0.5) is 5.69 Å². The number of nitrogens with zero attached hydrogens (tertiary/aromatic N) is 3. The molecule has 0 radical (unpaired) electrons. The van der Waals surface area contributed by atoms with Crippen molar-refractivity contribution in [3.63, 3.8) is 0 Å². The molecule has 1 aliphatic carbocycles. The van der Waals surface area contributed by atoms with Crippen LogP contribution in [-0.2, 0) is 24.2 Å². The van der Waals surface area contributed by atoms with E-state index in [4.69, 9.17) is 4.42 Å². The van der Waals surface area contributed by atoms with Crippen molar-refractivity contribution in [2.45, 2.75) is 45.6 Å². The largest absolute Gasteiger partial charge is 0.441 e. The highest BCUT2D eigenvalue weighted by molar-refractivity contribution is 7.18. The molecule has 1 N–H and O–H groups in total. The minimum Gasteiger partial charge on any atom is -0.441 e. The van der Waals surface area contributed by atoms with Crippen molar-refractivity contribution >= 4 is 33.1 Å². The van der Waals surface area contributed by atoms with Crippen LogP contribution >= 0.6 is 11.3 Å². The summed E-state index contributed by atoms with van der Waals surface area (Å²) in [6.45, 7) is 2.12. The fraction of sp³-hybridized carbons (Fsp3) is 0.304. The molecule has 7 nitrogen and oxygen atoms in total. The second-order valence-electron chi connectivity index (χ2n) is 7.79. The first-order chi connectivity index (χ1) is 15.1. The molecule has 0 saturated heterocycles. The predicted octanol–water partition coefficient (Wildman–Crippen LogP) is 4.33. The van der Waals surface area contributed by atoms with E-state index in [0.717, 1.165) is 40.8 Å². The highest BCUT2D eigenvalue weighted by Gasteiger charge is 2.20. The Morgan fingerprint density at radius 2 is 2.13 bits per heavy atom. The van der Waals surface area contributed by atoms with E-state index in [1.807, 2.05) is 31.2 Å².